The fourth-order valence-electron chi connectivity index (χ4n) is 2.24. The van der Waals surface area contributed by atoms with E-state index in [0.29, 0.717) is 17.2 Å². The predicted octanol–water partition coefficient (Wildman–Crippen LogP) is 0.823. The van der Waals surface area contributed by atoms with Crippen LogP contribution in [0, 0.1) is 11.3 Å². The van der Waals surface area contributed by atoms with Gasteiger partial charge in [-0.25, -0.2) is 14.8 Å². The van der Waals surface area contributed by atoms with Crippen LogP contribution in [0.5, 0.6) is 0 Å². The van der Waals surface area contributed by atoms with Gasteiger partial charge >= 0.3 is 11.9 Å². The highest BCUT2D eigenvalue weighted by atomic mass is 16.6. The average molecular weight is 361 g/mol. The van der Waals surface area contributed by atoms with Crippen molar-refractivity contribution in [3.05, 3.63) is 17.6 Å². The molecule has 138 valence electrons. The highest BCUT2D eigenvalue weighted by Crippen LogP contribution is 2.32. The SMILES string of the molecule is CCOC(=O)/C(C#N)=C1\c2ncn(COCCOC(C)=O)c2N=CN1C. The third-order valence-electron chi connectivity index (χ3n) is 3.33. The normalized spacial score (nSPS) is 14.5. The van der Waals surface area contributed by atoms with E-state index >= 15 is 0 Å². The van der Waals surface area contributed by atoms with E-state index in [-0.39, 0.29) is 38.1 Å². The summed E-state index contributed by atoms with van der Waals surface area (Å²) < 4.78 is 16.8. The highest BCUT2D eigenvalue weighted by molar-refractivity contribution is 6.04. The molecule has 2 rings (SSSR count). The van der Waals surface area contributed by atoms with E-state index in [9.17, 15) is 14.9 Å². The van der Waals surface area contributed by atoms with Gasteiger partial charge in [0.05, 0.1) is 31.6 Å². The van der Waals surface area contributed by atoms with E-state index in [1.54, 1.807) is 18.5 Å². The molecule has 0 saturated carbocycles. The van der Waals surface area contributed by atoms with Gasteiger partial charge in [0.15, 0.2) is 11.4 Å². The number of fused-ring (bicyclic) bond motifs is 1. The fraction of sp³-hybridized carbons (Fsp3) is 0.438. The molecule has 10 nitrogen and oxygen atoms in total. The molecule has 0 N–H and O–H groups in total. The summed E-state index contributed by atoms with van der Waals surface area (Å²) in [7, 11) is 1.66. The Bertz CT molecular complexity index is 789. The Morgan fingerprint density at radius 2 is 2.08 bits per heavy atom. The minimum atomic E-state index is -0.717. The van der Waals surface area contributed by atoms with Crippen molar-refractivity contribution in [3.8, 4) is 6.07 Å². The molecule has 0 aromatic carbocycles. The van der Waals surface area contributed by atoms with Crippen molar-refractivity contribution in [2.75, 3.05) is 26.9 Å². The number of carbonyl (C=O) groups is 2. The number of carbonyl (C=O) groups excluding carboxylic acids is 2. The number of rotatable bonds is 7. The van der Waals surface area contributed by atoms with E-state index in [1.807, 2.05) is 6.07 Å². The third kappa shape index (κ3) is 4.25. The predicted molar refractivity (Wildman–Crippen MR) is 89.9 cm³/mol. The summed E-state index contributed by atoms with van der Waals surface area (Å²) >= 11 is 0. The zero-order valence-electron chi connectivity index (χ0n) is 14.8. The monoisotopic (exact) mass is 361 g/mol. The van der Waals surface area contributed by atoms with Crippen LogP contribution in [0.4, 0.5) is 5.82 Å². The lowest BCUT2D eigenvalue weighted by molar-refractivity contribution is -0.143. The first kappa shape index (κ1) is 19.1. The van der Waals surface area contributed by atoms with Gasteiger partial charge in [-0.2, -0.15) is 5.26 Å². The summed E-state index contributed by atoms with van der Waals surface area (Å²) in [6, 6.07) is 1.88. The topological polar surface area (TPSA) is 119 Å². The average Bonchev–Trinajstić information content (AvgIpc) is 3.00. The Labute approximate surface area is 150 Å². The number of ether oxygens (including phenoxy) is 3. The number of nitriles is 1. The molecule has 0 atom stereocenters. The smallest absolute Gasteiger partial charge is 0.351 e. The van der Waals surface area contributed by atoms with Crippen LogP contribution in [0.1, 0.15) is 19.5 Å². The first-order valence-electron chi connectivity index (χ1n) is 7.84. The maximum atomic E-state index is 12.1. The fourth-order valence-corrected chi connectivity index (χ4v) is 2.24. The standard InChI is InChI=1S/C16H19N5O5/c1-4-25-16(23)12(7-17)14-13-15(19-8-20(14)3)21(9-18-13)10-24-5-6-26-11(2)22/h8-9H,4-6,10H2,1-3H3/b14-12+. The number of esters is 2. The van der Waals surface area contributed by atoms with E-state index in [2.05, 4.69) is 9.98 Å². The van der Waals surface area contributed by atoms with E-state index in [0.717, 1.165) is 0 Å². The van der Waals surface area contributed by atoms with Gasteiger partial charge in [0.2, 0.25) is 0 Å². The Kier molecular flexibility index (Phi) is 6.46. The van der Waals surface area contributed by atoms with Crippen LogP contribution < -0.4 is 0 Å². The van der Waals surface area contributed by atoms with Crippen molar-refractivity contribution in [2.24, 2.45) is 4.99 Å². The molecule has 1 aliphatic heterocycles. The molecule has 0 bridgehead atoms. The number of aromatic nitrogens is 2. The van der Waals surface area contributed by atoms with Crippen molar-refractivity contribution >= 4 is 29.8 Å². The van der Waals surface area contributed by atoms with Crippen molar-refractivity contribution in [1.82, 2.24) is 14.5 Å². The first-order valence-corrected chi connectivity index (χ1v) is 7.84. The second kappa shape index (κ2) is 8.77. The van der Waals surface area contributed by atoms with Crippen molar-refractivity contribution in [2.45, 2.75) is 20.6 Å². The zero-order valence-corrected chi connectivity index (χ0v) is 14.8. The Hall–Kier alpha value is -3.19. The van der Waals surface area contributed by atoms with Gasteiger partial charge in [-0.3, -0.25) is 9.36 Å². The van der Waals surface area contributed by atoms with Gasteiger partial charge in [0.1, 0.15) is 25.1 Å². The number of nitrogens with zero attached hydrogens (tertiary/aromatic N) is 5. The van der Waals surface area contributed by atoms with Crippen molar-refractivity contribution in [1.29, 1.82) is 5.26 Å². The summed E-state index contributed by atoms with van der Waals surface area (Å²) in [5.41, 5.74) is 0.542. The molecule has 0 fully saturated rings. The van der Waals surface area contributed by atoms with Crippen LogP contribution in [-0.4, -0.2) is 59.6 Å². The summed E-state index contributed by atoms with van der Waals surface area (Å²) in [6.45, 7) is 3.63. The highest BCUT2D eigenvalue weighted by Gasteiger charge is 2.28. The molecule has 0 radical (unpaired) electrons. The molecule has 0 amide bonds. The maximum Gasteiger partial charge on any atom is 0.351 e. The molecule has 1 aromatic heterocycles. The largest absolute Gasteiger partial charge is 0.463 e. The lowest BCUT2D eigenvalue weighted by atomic mass is 10.1. The van der Waals surface area contributed by atoms with Crippen LogP contribution in [-0.2, 0) is 30.5 Å². The Balaban J connectivity index is 2.22. The van der Waals surface area contributed by atoms with Crippen molar-refractivity contribution in [3.63, 3.8) is 0 Å². The van der Waals surface area contributed by atoms with Gasteiger partial charge in [0.25, 0.3) is 0 Å². The van der Waals surface area contributed by atoms with Gasteiger partial charge < -0.3 is 19.1 Å². The van der Waals surface area contributed by atoms with Gasteiger partial charge in [0, 0.05) is 14.0 Å². The third-order valence-corrected chi connectivity index (χ3v) is 3.33. The molecule has 10 heteroatoms. The van der Waals surface area contributed by atoms with Gasteiger partial charge in [-0.05, 0) is 6.92 Å². The second-order valence-electron chi connectivity index (χ2n) is 5.18. The van der Waals surface area contributed by atoms with E-state index in [1.165, 1.54) is 24.5 Å². The Morgan fingerprint density at radius 3 is 2.73 bits per heavy atom. The maximum absolute atomic E-state index is 12.1. The summed E-state index contributed by atoms with van der Waals surface area (Å²) in [6.07, 6.45) is 2.97. The molecule has 26 heavy (non-hydrogen) atoms. The molecular weight excluding hydrogens is 342 g/mol. The van der Waals surface area contributed by atoms with Crippen LogP contribution in [0.25, 0.3) is 5.70 Å². The van der Waals surface area contributed by atoms with Gasteiger partial charge in [-0.1, -0.05) is 0 Å². The lowest BCUT2D eigenvalue weighted by Crippen LogP contribution is -2.23. The number of hydrogen-bond donors (Lipinski definition) is 0. The quantitative estimate of drug-likeness (QED) is 0.303. The summed E-state index contributed by atoms with van der Waals surface area (Å²) in [5, 5.41) is 9.39. The summed E-state index contributed by atoms with van der Waals surface area (Å²) in [5.74, 6) is -0.646. The molecule has 0 unspecified atom stereocenters. The molecule has 0 saturated heterocycles. The Morgan fingerprint density at radius 1 is 1.31 bits per heavy atom. The zero-order chi connectivity index (χ0) is 19.1. The first-order chi connectivity index (χ1) is 12.5. The van der Waals surface area contributed by atoms with Crippen LogP contribution in [0.3, 0.4) is 0 Å². The number of aliphatic imine (C=N–C) groups is 1. The molecule has 1 aromatic rings. The molecular formula is C16H19N5O5. The van der Waals surface area contributed by atoms with Crippen LogP contribution in [0.15, 0.2) is 16.9 Å². The van der Waals surface area contributed by atoms with Crippen LogP contribution >= 0.6 is 0 Å². The van der Waals surface area contributed by atoms with Gasteiger partial charge in [-0.15, -0.1) is 0 Å². The second-order valence-corrected chi connectivity index (χ2v) is 5.18. The summed E-state index contributed by atoms with van der Waals surface area (Å²) in [4.78, 5) is 32.8. The number of hydrogen-bond acceptors (Lipinski definition) is 9. The molecule has 0 aliphatic carbocycles. The van der Waals surface area contributed by atoms with E-state index in [4.69, 9.17) is 14.2 Å². The molecule has 1 aliphatic rings. The van der Waals surface area contributed by atoms with Crippen LogP contribution in [0.2, 0.25) is 0 Å². The lowest BCUT2D eigenvalue weighted by Gasteiger charge is -2.22. The molecule has 2 heterocycles. The minimum absolute atomic E-state index is 0.124. The minimum Gasteiger partial charge on any atom is -0.463 e. The van der Waals surface area contributed by atoms with E-state index < -0.39 is 5.97 Å². The number of imidazole rings is 1. The van der Waals surface area contributed by atoms with Crippen molar-refractivity contribution < 1.29 is 23.8 Å². The molecule has 0 spiro atoms.